The predicted octanol–water partition coefficient (Wildman–Crippen LogP) is 4.38. The van der Waals surface area contributed by atoms with Crippen molar-refractivity contribution in [3.8, 4) is 0 Å². The van der Waals surface area contributed by atoms with Crippen LogP contribution in [0, 0.1) is 0 Å². The van der Waals surface area contributed by atoms with Crippen LogP contribution in [0.1, 0.15) is 17.2 Å². The summed E-state index contributed by atoms with van der Waals surface area (Å²) in [6.07, 6.45) is 1.88. The Hall–Kier alpha value is -2.83. The molecule has 140 valence electrons. The molecule has 2 aromatic heterocycles. The fraction of sp³-hybridized carbons (Fsp3) is 0.0952. The van der Waals surface area contributed by atoms with Gasteiger partial charge >= 0.3 is 0 Å². The van der Waals surface area contributed by atoms with E-state index >= 15 is 0 Å². The van der Waals surface area contributed by atoms with E-state index in [2.05, 4.69) is 15.5 Å². The predicted molar refractivity (Wildman–Crippen MR) is 112 cm³/mol. The van der Waals surface area contributed by atoms with Crippen LogP contribution in [-0.4, -0.2) is 26.3 Å². The van der Waals surface area contributed by atoms with E-state index in [1.807, 2.05) is 83.4 Å². The molecule has 4 rings (SSSR count). The van der Waals surface area contributed by atoms with Gasteiger partial charge in [-0.05, 0) is 35.4 Å². The molecule has 0 fully saturated rings. The lowest BCUT2D eigenvalue weighted by Gasteiger charge is -2.20. The Kier molecular flexibility index (Phi) is 5.60. The maximum Gasteiger partial charge on any atom is 0.231 e. The number of pyridine rings is 1. The summed E-state index contributed by atoms with van der Waals surface area (Å²) in [5, 5.41) is 12.7. The second-order valence-electron chi connectivity index (χ2n) is 6.16. The molecule has 0 bridgehead atoms. The zero-order valence-corrected chi connectivity index (χ0v) is 16.4. The summed E-state index contributed by atoms with van der Waals surface area (Å²) in [6.45, 7) is 0. The number of halogens is 1. The van der Waals surface area contributed by atoms with Crippen molar-refractivity contribution in [2.45, 2.75) is 11.2 Å². The minimum absolute atomic E-state index is 0.0820. The van der Waals surface area contributed by atoms with Gasteiger partial charge in [-0.3, -0.25) is 9.20 Å². The molecule has 5 nitrogen and oxygen atoms in total. The Balaban J connectivity index is 1.50. The minimum atomic E-state index is -0.248. The van der Waals surface area contributed by atoms with E-state index in [9.17, 15) is 4.79 Å². The molecule has 2 heterocycles. The highest BCUT2D eigenvalue weighted by atomic mass is 35.5. The van der Waals surface area contributed by atoms with E-state index < -0.39 is 0 Å². The van der Waals surface area contributed by atoms with E-state index in [-0.39, 0.29) is 17.7 Å². The van der Waals surface area contributed by atoms with Gasteiger partial charge in [-0.25, -0.2) is 0 Å². The molecular weight excluding hydrogens is 392 g/mol. The van der Waals surface area contributed by atoms with Crippen LogP contribution in [0.25, 0.3) is 5.65 Å². The number of hydrogen-bond acceptors (Lipinski definition) is 4. The zero-order valence-electron chi connectivity index (χ0n) is 14.8. The summed E-state index contributed by atoms with van der Waals surface area (Å²) >= 11 is 7.37. The van der Waals surface area contributed by atoms with Crippen molar-refractivity contribution in [1.82, 2.24) is 19.9 Å². The topological polar surface area (TPSA) is 59.3 Å². The van der Waals surface area contributed by atoms with Gasteiger partial charge < -0.3 is 5.32 Å². The monoisotopic (exact) mass is 408 g/mol. The quantitative estimate of drug-likeness (QED) is 0.481. The van der Waals surface area contributed by atoms with E-state index in [0.29, 0.717) is 10.2 Å². The first-order valence-corrected chi connectivity index (χ1v) is 10.1. The first-order chi connectivity index (χ1) is 13.7. The standard InChI is InChI=1S/C21H17ClN4OS/c22-17-11-9-16(10-12-17)20(15-6-2-1-3-7-15)23-19(27)14-28-21-25-24-18-8-4-5-13-26(18)21/h1-13,20H,14H2,(H,23,27). The second-order valence-corrected chi connectivity index (χ2v) is 7.54. The lowest BCUT2D eigenvalue weighted by molar-refractivity contribution is -0.119. The number of nitrogens with one attached hydrogen (secondary N) is 1. The molecule has 1 amide bonds. The molecule has 0 saturated carbocycles. The number of aromatic nitrogens is 3. The van der Waals surface area contributed by atoms with Gasteiger partial charge in [0.15, 0.2) is 10.8 Å². The van der Waals surface area contributed by atoms with Crippen LogP contribution in [0.15, 0.2) is 84.1 Å². The number of carbonyl (C=O) groups excluding carboxylic acids is 1. The lowest BCUT2D eigenvalue weighted by Crippen LogP contribution is -2.30. The van der Waals surface area contributed by atoms with Gasteiger partial charge in [-0.2, -0.15) is 0 Å². The van der Waals surface area contributed by atoms with Gasteiger partial charge in [0.2, 0.25) is 5.91 Å². The summed E-state index contributed by atoms with van der Waals surface area (Å²) < 4.78 is 1.87. The van der Waals surface area contributed by atoms with E-state index in [4.69, 9.17) is 11.6 Å². The highest BCUT2D eigenvalue weighted by Gasteiger charge is 2.17. The van der Waals surface area contributed by atoms with Gasteiger partial charge in [-0.15, -0.1) is 10.2 Å². The molecule has 0 radical (unpaired) electrons. The molecule has 1 unspecified atom stereocenters. The van der Waals surface area contributed by atoms with Crippen molar-refractivity contribution >= 4 is 34.9 Å². The molecule has 0 aliphatic carbocycles. The van der Waals surface area contributed by atoms with Crippen LogP contribution in [0.5, 0.6) is 0 Å². The van der Waals surface area contributed by atoms with Crippen LogP contribution >= 0.6 is 23.4 Å². The van der Waals surface area contributed by atoms with Gasteiger partial charge in [0.25, 0.3) is 0 Å². The lowest BCUT2D eigenvalue weighted by atomic mass is 9.99. The summed E-state index contributed by atoms with van der Waals surface area (Å²) in [5.41, 5.74) is 2.74. The van der Waals surface area contributed by atoms with Gasteiger partial charge in [-0.1, -0.05) is 71.9 Å². The molecule has 1 N–H and O–H groups in total. The third-order valence-electron chi connectivity index (χ3n) is 4.26. The number of thioether (sulfide) groups is 1. The molecule has 1 atom stereocenters. The summed E-state index contributed by atoms with van der Waals surface area (Å²) in [6, 6.07) is 22.8. The first-order valence-electron chi connectivity index (χ1n) is 8.73. The molecule has 0 aliphatic rings. The van der Waals surface area contributed by atoms with E-state index in [1.165, 1.54) is 11.8 Å². The smallest absolute Gasteiger partial charge is 0.231 e. The molecule has 7 heteroatoms. The van der Waals surface area contributed by atoms with Gasteiger partial charge in [0.1, 0.15) is 0 Å². The summed E-state index contributed by atoms with van der Waals surface area (Å²) in [7, 11) is 0. The molecule has 2 aromatic carbocycles. The average molecular weight is 409 g/mol. The van der Waals surface area contributed by atoms with Crippen molar-refractivity contribution in [3.63, 3.8) is 0 Å². The third kappa shape index (κ3) is 4.18. The second kappa shape index (κ2) is 8.46. The molecule has 4 aromatic rings. The van der Waals surface area contributed by atoms with Gasteiger partial charge in [0, 0.05) is 11.2 Å². The average Bonchev–Trinajstić information content (AvgIpc) is 3.15. The Morgan fingerprint density at radius 1 is 0.964 bits per heavy atom. The summed E-state index contributed by atoms with van der Waals surface area (Å²) in [4.78, 5) is 12.7. The first kappa shape index (κ1) is 18.5. The maximum absolute atomic E-state index is 12.7. The Morgan fingerprint density at radius 3 is 2.46 bits per heavy atom. The Bertz CT molecular complexity index is 1080. The number of carbonyl (C=O) groups is 1. The largest absolute Gasteiger partial charge is 0.344 e. The van der Waals surface area contributed by atoms with Crippen molar-refractivity contribution in [2.75, 3.05) is 5.75 Å². The third-order valence-corrected chi connectivity index (χ3v) is 5.45. The van der Waals surface area contributed by atoms with Crippen LogP contribution in [0.4, 0.5) is 0 Å². The van der Waals surface area contributed by atoms with Crippen molar-refractivity contribution < 1.29 is 4.79 Å². The number of nitrogens with zero attached hydrogens (tertiary/aromatic N) is 3. The highest BCUT2D eigenvalue weighted by Crippen LogP contribution is 2.24. The number of benzene rings is 2. The number of rotatable bonds is 6. The van der Waals surface area contributed by atoms with E-state index in [1.54, 1.807) is 0 Å². The van der Waals surface area contributed by atoms with Gasteiger partial charge in [0.05, 0.1) is 11.8 Å². The molecular formula is C21H17ClN4OS. The van der Waals surface area contributed by atoms with E-state index in [0.717, 1.165) is 16.8 Å². The van der Waals surface area contributed by atoms with Crippen molar-refractivity contribution in [1.29, 1.82) is 0 Å². The normalized spacial score (nSPS) is 12.0. The van der Waals surface area contributed by atoms with Crippen LogP contribution in [0.3, 0.4) is 0 Å². The number of fused-ring (bicyclic) bond motifs is 1. The van der Waals surface area contributed by atoms with Crippen molar-refractivity contribution in [2.24, 2.45) is 0 Å². The fourth-order valence-corrected chi connectivity index (χ4v) is 3.77. The Labute approximate surface area is 171 Å². The molecule has 0 aliphatic heterocycles. The Morgan fingerprint density at radius 2 is 1.68 bits per heavy atom. The van der Waals surface area contributed by atoms with Crippen LogP contribution in [-0.2, 0) is 4.79 Å². The van der Waals surface area contributed by atoms with Crippen LogP contribution < -0.4 is 5.32 Å². The number of hydrogen-bond donors (Lipinski definition) is 1. The summed E-state index contributed by atoms with van der Waals surface area (Å²) in [5.74, 6) is 0.161. The zero-order chi connectivity index (χ0) is 19.3. The highest BCUT2D eigenvalue weighted by molar-refractivity contribution is 7.99. The molecule has 0 saturated heterocycles. The maximum atomic E-state index is 12.7. The fourth-order valence-electron chi connectivity index (χ4n) is 2.91. The van der Waals surface area contributed by atoms with Crippen molar-refractivity contribution in [3.05, 3.63) is 95.1 Å². The molecule has 28 heavy (non-hydrogen) atoms. The van der Waals surface area contributed by atoms with Crippen LogP contribution in [0.2, 0.25) is 5.02 Å². The number of amides is 1. The SMILES string of the molecule is O=C(CSc1nnc2ccccn12)NC(c1ccccc1)c1ccc(Cl)cc1. The minimum Gasteiger partial charge on any atom is -0.344 e. The molecule has 0 spiro atoms.